The zero-order chi connectivity index (χ0) is 19.8. The molecule has 0 amide bonds. The first-order valence-electron chi connectivity index (χ1n) is 9.86. The summed E-state index contributed by atoms with van der Waals surface area (Å²) in [6.07, 6.45) is 1.11. The smallest absolute Gasteiger partial charge is 0.278 e. The van der Waals surface area contributed by atoms with E-state index in [9.17, 15) is 0 Å². The summed E-state index contributed by atoms with van der Waals surface area (Å²) in [5, 5.41) is 19.5. The van der Waals surface area contributed by atoms with Gasteiger partial charge in [-0.1, -0.05) is 23.4 Å². The minimum absolute atomic E-state index is 0. The van der Waals surface area contributed by atoms with Gasteiger partial charge in [-0.05, 0) is 50.6 Å². The van der Waals surface area contributed by atoms with Gasteiger partial charge in [-0.25, -0.2) is 0 Å². The van der Waals surface area contributed by atoms with E-state index < -0.39 is 0 Å². The molecule has 0 saturated carbocycles. The molecule has 1 fully saturated rings. The Morgan fingerprint density at radius 3 is 2.87 bits per heavy atom. The Morgan fingerprint density at radius 1 is 1.20 bits per heavy atom. The number of rotatable bonds is 5. The summed E-state index contributed by atoms with van der Waals surface area (Å²) >= 11 is 0. The summed E-state index contributed by atoms with van der Waals surface area (Å²) in [5.74, 6) is 1.45. The zero-order valence-corrected chi connectivity index (χ0v) is 17.7. The van der Waals surface area contributed by atoms with Gasteiger partial charge in [0, 0.05) is 29.4 Å². The number of aromatic amines is 1. The maximum Gasteiger partial charge on any atom is 0.278 e. The molecule has 5 rings (SSSR count). The topological polar surface area (TPSA) is 97.5 Å². The predicted octanol–water partition coefficient (Wildman–Crippen LogP) is 3.49. The lowest BCUT2D eigenvalue weighted by Gasteiger charge is -2.05. The number of H-pyrrole nitrogens is 1. The van der Waals surface area contributed by atoms with E-state index >= 15 is 0 Å². The molecule has 9 heteroatoms. The number of nitrogens with one attached hydrogen (secondary N) is 2. The van der Waals surface area contributed by atoms with Gasteiger partial charge in [0.2, 0.25) is 5.82 Å². The van der Waals surface area contributed by atoms with Gasteiger partial charge in [0.15, 0.2) is 5.69 Å². The molecule has 0 bridgehead atoms. The Bertz CT molecular complexity index is 1140. The quantitative estimate of drug-likeness (QED) is 0.508. The van der Waals surface area contributed by atoms with Crippen LogP contribution in [0.4, 0.5) is 0 Å². The third kappa shape index (κ3) is 4.01. The lowest BCUT2D eigenvalue weighted by atomic mass is 10.1. The van der Waals surface area contributed by atoms with E-state index in [4.69, 9.17) is 4.52 Å². The summed E-state index contributed by atoms with van der Waals surface area (Å²) in [6.45, 7) is 6.78. The van der Waals surface area contributed by atoms with Crippen LogP contribution in [0.15, 0.2) is 40.9 Å². The number of aromatic nitrogens is 6. The van der Waals surface area contributed by atoms with Crippen LogP contribution in [0.25, 0.3) is 23.0 Å². The van der Waals surface area contributed by atoms with Gasteiger partial charge in [-0.15, -0.1) is 12.4 Å². The monoisotopic (exact) mass is 425 g/mol. The SMILES string of the molecule is Cc1cc(C)n(Cc2cccc(-c3noc(-c4cc(C5CCNC5)[nH]n4)n3)c2)n1.Cl. The van der Waals surface area contributed by atoms with E-state index in [1.807, 2.05) is 29.8 Å². The third-order valence-electron chi connectivity index (χ3n) is 5.36. The second-order valence-corrected chi connectivity index (χ2v) is 7.61. The third-order valence-corrected chi connectivity index (χ3v) is 5.36. The summed E-state index contributed by atoms with van der Waals surface area (Å²) < 4.78 is 7.48. The molecule has 1 aliphatic rings. The van der Waals surface area contributed by atoms with Crippen LogP contribution in [-0.2, 0) is 6.54 Å². The van der Waals surface area contributed by atoms with Crippen molar-refractivity contribution in [2.75, 3.05) is 13.1 Å². The van der Waals surface area contributed by atoms with E-state index in [1.165, 1.54) is 0 Å². The first-order valence-corrected chi connectivity index (χ1v) is 9.86. The van der Waals surface area contributed by atoms with Gasteiger partial charge in [0.1, 0.15) is 0 Å². The van der Waals surface area contributed by atoms with E-state index in [1.54, 1.807) is 0 Å². The zero-order valence-electron chi connectivity index (χ0n) is 16.9. The number of halogens is 1. The lowest BCUT2D eigenvalue weighted by molar-refractivity contribution is 0.431. The Morgan fingerprint density at radius 2 is 2.10 bits per heavy atom. The molecule has 3 aromatic heterocycles. The van der Waals surface area contributed by atoms with E-state index in [0.717, 1.165) is 47.7 Å². The van der Waals surface area contributed by atoms with Crippen molar-refractivity contribution in [1.29, 1.82) is 0 Å². The Balaban J connectivity index is 0.00000218. The van der Waals surface area contributed by atoms with Crippen LogP contribution in [0.3, 0.4) is 0 Å². The summed E-state index contributed by atoms with van der Waals surface area (Å²) in [6, 6.07) is 12.2. The summed E-state index contributed by atoms with van der Waals surface area (Å²) in [5.41, 5.74) is 6.00. The van der Waals surface area contributed by atoms with Gasteiger partial charge in [-0.3, -0.25) is 9.78 Å². The maximum absolute atomic E-state index is 5.48. The highest BCUT2D eigenvalue weighted by Gasteiger charge is 2.21. The van der Waals surface area contributed by atoms with Crippen molar-refractivity contribution < 1.29 is 4.52 Å². The molecule has 0 spiro atoms. The van der Waals surface area contributed by atoms with Gasteiger partial charge >= 0.3 is 0 Å². The largest absolute Gasteiger partial charge is 0.332 e. The Kier molecular flexibility index (Phi) is 5.69. The van der Waals surface area contributed by atoms with Crippen LogP contribution in [0.1, 0.15) is 35.0 Å². The molecule has 0 radical (unpaired) electrons. The second kappa shape index (κ2) is 8.41. The van der Waals surface area contributed by atoms with Gasteiger partial charge < -0.3 is 9.84 Å². The van der Waals surface area contributed by atoms with Gasteiger partial charge in [0.05, 0.1) is 12.2 Å². The molecule has 1 aliphatic heterocycles. The summed E-state index contributed by atoms with van der Waals surface area (Å²) in [4.78, 5) is 4.56. The normalized spacial score (nSPS) is 16.0. The van der Waals surface area contributed by atoms with Crippen molar-refractivity contribution in [2.45, 2.75) is 32.7 Å². The van der Waals surface area contributed by atoms with Crippen molar-refractivity contribution in [3.63, 3.8) is 0 Å². The van der Waals surface area contributed by atoms with Crippen LogP contribution < -0.4 is 5.32 Å². The van der Waals surface area contributed by atoms with Crippen LogP contribution in [0.5, 0.6) is 0 Å². The van der Waals surface area contributed by atoms with Gasteiger partial charge in [-0.2, -0.15) is 15.2 Å². The highest BCUT2D eigenvalue weighted by molar-refractivity contribution is 5.85. The maximum atomic E-state index is 5.48. The second-order valence-electron chi connectivity index (χ2n) is 7.61. The molecule has 1 unspecified atom stereocenters. The number of hydrogen-bond acceptors (Lipinski definition) is 6. The highest BCUT2D eigenvalue weighted by atomic mass is 35.5. The molecule has 30 heavy (non-hydrogen) atoms. The average molecular weight is 426 g/mol. The molecule has 4 heterocycles. The van der Waals surface area contributed by atoms with Gasteiger partial charge in [0.25, 0.3) is 5.89 Å². The van der Waals surface area contributed by atoms with Crippen molar-refractivity contribution >= 4 is 12.4 Å². The molecule has 0 aliphatic carbocycles. The molecule has 1 aromatic carbocycles. The Labute approximate surface area is 180 Å². The number of benzene rings is 1. The average Bonchev–Trinajstić information content (AvgIpc) is 3.50. The van der Waals surface area contributed by atoms with E-state index in [-0.39, 0.29) is 12.4 Å². The van der Waals surface area contributed by atoms with Crippen molar-refractivity contribution in [2.24, 2.45) is 0 Å². The van der Waals surface area contributed by atoms with E-state index in [0.29, 0.717) is 29.9 Å². The number of aryl methyl sites for hydroxylation is 2. The van der Waals surface area contributed by atoms with Crippen LogP contribution in [0, 0.1) is 13.8 Å². The van der Waals surface area contributed by atoms with Crippen molar-refractivity contribution in [3.05, 3.63) is 59.0 Å². The molecule has 8 nitrogen and oxygen atoms in total. The fraction of sp³-hybridized carbons (Fsp3) is 0.333. The first-order chi connectivity index (χ1) is 14.2. The minimum Gasteiger partial charge on any atom is -0.332 e. The van der Waals surface area contributed by atoms with E-state index in [2.05, 4.69) is 55.9 Å². The van der Waals surface area contributed by atoms with Crippen LogP contribution >= 0.6 is 12.4 Å². The molecule has 1 atom stereocenters. The molecule has 2 N–H and O–H groups in total. The van der Waals surface area contributed by atoms with Crippen molar-refractivity contribution in [1.82, 2.24) is 35.4 Å². The number of nitrogens with zero attached hydrogens (tertiary/aromatic N) is 5. The fourth-order valence-corrected chi connectivity index (χ4v) is 3.84. The van der Waals surface area contributed by atoms with Crippen LogP contribution in [0.2, 0.25) is 0 Å². The number of hydrogen-bond donors (Lipinski definition) is 2. The minimum atomic E-state index is 0. The lowest BCUT2D eigenvalue weighted by Crippen LogP contribution is -2.08. The van der Waals surface area contributed by atoms with Crippen LogP contribution in [-0.4, -0.2) is 43.2 Å². The predicted molar refractivity (Wildman–Crippen MR) is 116 cm³/mol. The summed E-state index contributed by atoms with van der Waals surface area (Å²) in [7, 11) is 0. The molecule has 4 aromatic rings. The molecule has 156 valence electrons. The standard InChI is InChI=1S/C21H23N7O.ClH/c1-13-8-14(2)28(26-13)12-15-4-3-5-16(9-15)20-23-21(29-27-20)19-10-18(24-25-19)17-6-7-22-11-17;/h3-5,8-10,17,22H,6-7,11-12H2,1-2H3,(H,24,25);1H. The van der Waals surface area contributed by atoms with Crippen molar-refractivity contribution in [3.8, 4) is 23.0 Å². The molecular formula is C21H24ClN7O. The fourth-order valence-electron chi connectivity index (χ4n) is 3.84. The Hall–Kier alpha value is -2.97. The highest BCUT2D eigenvalue weighted by Crippen LogP contribution is 2.26. The molecular weight excluding hydrogens is 402 g/mol. The first kappa shape index (κ1) is 20.3. The molecule has 1 saturated heterocycles.